The molecule has 0 saturated carbocycles. The number of hydrogen-bond acceptors (Lipinski definition) is 3. The van der Waals surface area contributed by atoms with Gasteiger partial charge in [-0.1, -0.05) is 0 Å². The smallest absolute Gasteiger partial charge is 0.0367 e. The number of benzene rings is 1. The van der Waals surface area contributed by atoms with Crippen LogP contribution in [0.4, 0.5) is 11.4 Å². The fourth-order valence-corrected chi connectivity index (χ4v) is 1.71. The lowest BCUT2D eigenvalue weighted by Crippen LogP contribution is -2.25. The minimum Gasteiger partial charge on any atom is -0.378 e. The van der Waals surface area contributed by atoms with Crippen LogP contribution in [-0.2, 0) is 0 Å². The first-order valence-corrected chi connectivity index (χ1v) is 5.91. The fourth-order valence-electron chi connectivity index (χ4n) is 1.71. The summed E-state index contributed by atoms with van der Waals surface area (Å²) in [5.41, 5.74) is 8.05. The first-order valence-electron chi connectivity index (χ1n) is 5.91. The Kier molecular flexibility index (Phi) is 5.12. The molecule has 0 radical (unpaired) electrons. The molecule has 0 bridgehead atoms. The Hall–Kier alpha value is -1.22. The van der Waals surface area contributed by atoms with Crippen LogP contribution in [0.5, 0.6) is 0 Å². The van der Waals surface area contributed by atoms with E-state index < -0.39 is 0 Å². The minimum atomic E-state index is 0.756. The van der Waals surface area contributed by atoms with Gasteiger partial charge in [0.05, 0.1) is 0 Å². The molecule has 2 N–H and O–H groups in total. The number of anilines is 2. The van der Waals surface area contributed by atoms with E-state index in [0.717, 1.165) is 26.1 Å². The van der Waals surface area contributed by atoms with Gasteiger partial charge in [0.1, 0.15) is 0 Å². The zero-order chi connectivity index (χ0) is 12.0. The van der Waals surface area contributed by atoms with Gasteiger partial charge in [0, 0.05) is 38.6 Å². The molecule has 0 aliphatic carbocycles. The highest BCUT2D eigenvalue weighted by Crippen LogP contribution is 2.19. The van der Waals surface area contributed by atoms with Gasteiger partial charge >= 0.3 is 0 Å². The maximum Gasteiger partial charge on any atom is 0.0367 e. The van der Waals surface area contributed by atoms with Crippen molar-refractivity contribution in [2.24, 2.45) is 5.73 Å². The lowest BCUT2D eigenvalue weighted by atomic mass is 10.2. The Bertz CT molecular complexity index is 293. The van der Waals surface area contributed by atoms with Crippen molar-refractivity contribution in [2.75, 3.05) is 43.5 Å². The van der Waals surface area contributed by atoms with E-state index in [2.05, 4.69) is 55.1 Å². The van der Waals surface area contributed by atoms with Crippen LogP contribution in [0.25, 0.3) is 0 Å². The molecule has 0 aromatic heterocycles. The van der Waals surface area contributed by atoms with Crippen LogP contribution in [0.2, 0.25) is 0 Å². The molecule has 0 heterocycles. The number of nitrogens with zero attached hydrogens (tertiary/aromatic N) is 2. The molecule has 0 fully saturated rings. The second kappa shape index (κ2) is 6.38. The van der Waals surface area contributed by atoms with Gasteiger partial charge in [-0.2, -0.15) is 0 Å². The average molecular weight is 221 g/mol. The van der Waals surface area contributed by atoms with Gasteiger partial charge in [0.2, 0.25) is 0 Å². The second-order valence-electron chi connectivity index (χ2n) is 4.13. The summed E-state index contributed by atoms with van der Waals surface area (Å²) in [6.07, 6.45) is 1.04. The van der Waals surface area contributed by atoms with E-state index in [-0.39, 0.29) is 0 Å². The molecule has 0 atom stereocenters. The lowest BCUT2D eigenvalue weighted by Gasteiger charge is -2.23. The molecule has 1 rings (SSSR count). The van der Waals surface area contributed by atoms with Gasteiger partial charge in [-0.25, -0.2) is 0 Å². The van der Waals surface area contributed by atoms with Gasteiger partial charge in [-0.05, 0) is 44.2 Å². The second-order valence-corrected chi connectivity index (χ2v) is 4.13. The van der Waals surface area contributed by atoms with Crippen molar-refractivity contribution < 1.29 is 0 Å². The molecule has 16 heavy (non-hydrogen) atoms. The molecular formula is C13H23N3. The zero-order valence-corrected chi connectivity index (χ0v) is 10.6. The van der Waals surface area contributed by atoms with Crippen LogP contribution in [0.3, 0.4) is 0 Å². The van der Waals surface area contributed by atoms with Crippen molar-refractivity contribution in [1.29, 1.82) is 0 Å². The third-order valence-electron chi connectivity index (χ3n) is 2.75. The normalized spacial score (nSPS) is 10.2. The third-order valence-corrected chi connectivity index (χ3v) is 2.75. The SMILES string of the molecule is CCN(CCCN)c1ccc(N(C)C)cc1. The first kappa shape index (κ1) is 12.8. The minimum absolute atomic E-state index is 0.756. The summed E-state index contributed by atoms with van der Waals surface area (Å²) >= 11 is 0. The predicted molar refractivity (Wildman–Crippen MR) is 72.3 cm³/mol. The van der Waals surface area contributed by atoms with Crippen LogP contribution >= 0.6 is 0 Å². The summed E-state index contributed by atoms with van der Waals surface area (Å²) in [7, 11) is 4.11. The molecule has 0 spiro atoms. The van der Waals surface area contributed by atoms with Crippen LogP contribution < -0.4 is 15.5 Å². The van der Waals surface area contributed by atoms with Crippen LogP contribution in [0, 0.1) is 0 Å². The highest BCUT2D eigenvalue weighted by Gasteiger charge is 2.03. The summed E-state index contributed by atoms with van der Waals surface area (Å²) in [5.74, 6) is 0. The molecule has 1 aromatic carbocycles. The standard InChI is InChI=1S/C13H23N3/c1-4-16(11-5-10-14)13-8-6-12(7-9-13)15(2)3/h6-9H,4-5,10-11,14H2,1-3H3. The van der Waals surface area contributed by atoms with E-state index in [9.17, 15) is 0 Å². The quantitative estimate of drug-likeness (QED) is 0.796. The Labute approximate surface area is 98.8 Å². The molecule has 0 saturated heterocycles. The molecule has 3 heteroatoms. The molecule has 90 valence electrons. The fraction of sp³-hybridized carbons (Fsp3) is 0.538. The molecule has 0 aliphatic rings. The maximum absolute atomic E-state index is 5.54. The summed E-state index contributed by atoms with van der Waals surface area (Å²) in [5, 5.41) is 0. The van der Waals surface area contributed by atoms with Gasteiger partial charge in [0.25, 0.3) is 0 Å². The Balaban J connectivity index is 2.70. The lowest BCUT2D eigenvalue weighted by molar-refractivity contribution is 0.754. The topological polar surface area (TPSA) is 32.5 Å². The summed E-state index contributed by atoms with van der Waals surface area (Å²) < 4.78 is 0. The third kappa shape index (κ3) is 3.42. The number of hydrogen-bond donors (Lipinski definition) is 1. The Morgan fingerprint density at radius 2 is 1.62 bits per heavy atom. The summed E-state index contributed by atoms with van der Waals surface area (Å²) in [4.78, 5) is 4.46. The highest BCUT2D eigenvalue weighted by atomic mass is 15.1. The molecule has 0 amide bonds. The Morgan fingerprint density at radius 3 is 2.06 bits per heavy atom. The Morgan fingerprint density at radius 1 is 1.06 bits per heavy atom. The van der Waals surface area contributed by atoms with E-state index in [1.54, 1.807) is 0 Å². The number of nitrogens with two attached hydrogens (primary N) is 1. The van der Waals surface area contributed by atoms with Crippen LogP contribution in [-0.4, -0.2) is 33.7 Å². The molecule has 1 aromatic rings. The van der Waals surface area contributed by atoms with Crippen molar-refractivity contribution in [3.05, 3.63) is 24.3 Å². The number of rotatable bonds is 6. The first-order chi connectivity index (χ1) is 7.69. The summed E-state index contributed by atoms with van der Waals surface area (Å²) in [6.45, 7) is 5.00. The van der Waals surface area contributed by atoms with E-state index in [4.69, 9.17) is 5.73 Å². The van der Waals surface area contributed by atoms with E-state index in [1.165, 1.54) is 11.4 Å². The van der Waals surface area contributed by atoms with E-state index >= 15 is 0 Å². The van der Waals surface area contributed by atoms with Crippen molar-refractivity contribution in [2.45, 2.75) is 13.3 Å². The molecule has 0 unspecified atom stereocenters. The van der Waals surface area contributed by atoms with Crippen molar-refractivity contribution in [1.82, 2.24) is 0 Å². The summed E-state index contributed by atoms with van der Waals surface area (Å²) in [6, 6.07) is 8.66. The van der Waals surface area contributed by atoms with Gasteiger partial charge < -0.3 is 15.5 Å². The largest absolute Gasteiger partial charge is 0.378 e. The van der Waals surface area contributed by atoms with Gasteiger partial charge in [-0.3, -0.25) is 0 Å². The van der Waals surface area contributed by atoms with Crippen LogP contribution in [0.1, 0.15) is 13.3 Å². The monoisotopic (exact) mass is 221 g/mol. The average Bonchev–Trinajstić information content (AvgIpc) is 2.30. The van der Waals surface area contributed by atoms with Crippen molar-refractivity contribution >= 4 is 11.4 Å². The van der Waals surface area contributed by atoms with E-state index in [1.807, 2.05) is 0 Å². The zero-order valence-electron chi connectivity index (χ0n) is 10.6. The molecule has 3 nitrogen and oxygen atoms in total. The van der Waals surface area contributed by atoms with Crippen molar-refractivity contribution in [3.8, 4) is 0 Å². The maximum atomic E-state index is 5.54. The highest BCUT2D eigenvalue weighted by molar-refractivity contribution is 5.55. The van der Waals surface area contributed by atoms with E-state index in [0.29, 0.717) is 0 Å². The molecular weight excluding hydrogens is 198 g/mol. The van der Waals surface area contributed by atoms with Gasteiger partial charge in [0.15, 0.2) is 0 Å². The molecule has 0 aliphatic heterocycles. The predicted octanol–water partition coefficient (Wildman–Crippen LogP) is 1.93. The van der Waals surface area contributed by atoms with Crippen LogP contribution in [0.15, 0.2) is 24.3 Å². The van der Waals surface area contributed by atoms with Gasteiger partial charge in [-0.15, -0.1) is 0 Å². The van der Waals surface area contributed by atoms with Crippen molar-refractivity contribution in [3.63, 3.8) is 0 Å².